The normalized spacial score (nSPS) is 15.8. The van der Waals surface area contributed by atoms with Gasteiger partial charge in [-0.15, -0.1) is 11.3 Å². The summed E-state index contributed by atoms with van der Waals surface area (Å²) in [6, 6.07) is 10.8. The van der Waals surface area contributed by atoms with Crippen LogP contribution in [-0.4, -0.2) is 30.9 Å². The van der Waals surface area contributed by atoms with Gasteiger partial charge < -0.3 is 14.8 Å². The van der Waals surface area contributed by atoms with Gasteiger partial charge in [-0.2, -0.15) is 0 Å². The maximum atomic E-state index is 11.9. The molecule has 0 saturated carbocycles. The van der Waals surface area contributed by atoms with Crippen molar-refractivity contribution in [3.8, 4) is 11.5 Å². The number of ketones is 1. The first-order valence-corrected chi connectivity index (χ1v) is 8.75. The van der Waals surface area contributed by atoms with Crippen molar-refractivity contribution in [3.63, 3.8) is 0 Å². The summed E-state index contributed by atoms with van der Waals surface area (Å²) in [5.41, 5.74) is 0. The van der Waals surface area contributed by atoms with Gasteiger partial charge in [0.15, 0.2) is 17.3 Å². The van der Waals surface area contributed by atoms with Gasteiger partial charge in [0.2, 0.25) is 5.91 Å². The third-order valence-corrected chi connectivity index (χ3v) is 4.79. The Labute approximate surface area is 148 Å². The van der Waals surface area contributed by atoms with E-state index in [1.807, 2.05) is 24.3 Å². The van der Waals surface area contributed by atoms with Gasteiger partial charge in [0, 0.05) is 12.8 Å². The van der Waals surface area contributed by atoms with Crippen molar-refractivity contribution in [3.05, 3.63) is 45.6 Å². The molecule has 126 valence electrons. The molecule has 0 radical (unpaired) electrons. The molecule has 7 heteroatoms. The lowest BCUT2D eigenvalue weighted by Gasteiger charge is -2.26. The summed E-state index contributed by atoms with van der Waals surface area (Å²) >= 11 is 7.02. The van der Waals surface area contributed by atoms with Crippen LogP contribution in [0.15, 0.2) is 36.4 Å². The first-order valence-electron chi connectivity index (χ1n) is 7.55. The number of carbonyl (C=O) groups excluding carboxylic acids is 2. The van der Waals surface area contributed by atoms with E-state index >= 15 is 0 Å². The molecule has 2 heterocycles. The topological polar surface area (TPSA) is 64.6 Å². The summed E-state index contributed by atoms with van der Waals surface area (Å²) in [7, 11) is 0. The lowest BCUT2D eigenvalue weighted by atomic mass is 10.2. The summed E-state index contributed by atoms with van der Waals surface area (Å²) < 4.78 is 11.9. The number of amides is 1. The van der Waals surface area contributed by atoms with Crippen molar-refractivity contribution in [1.29, 1.82) is 0 Å². The second-order valence-electron chi connectivity index (χ2n) is 5.33. The second kappa shape index (κ2) is 7.68. The highest BCUT2D eigenvalue weighted by Crippen LogP contribution is 2.30. The Morgan fingerprint density at radius 2 is 1.96 bits per heavy atom. The minimum absolute atomic E-state index is 0.0757. The Balaban J connectivity index is 1.41. The average Bonchev–Trinajstić information content (AvgIpc) is 3.04. The molecule has 0 bridgehead atoms. The van der Waals surface area contributed by atoms with Crippen LogP contribution in [0.2, 0.25) is 4.34 Å². The molecule has 1 N–H and O–H groups in total. The molecule has 0 spiro atoms. The first kappa shape index (κ1) is 16.8. The highest BCUT2D eigenvalue weighted by atomic mass is 35.5. The Morgan fingerprint density at radius 1 is 1.17 bits per heavy atom. The molecule has 1 atom stereocenters. The Morgan fingerprint density at radius 3 is 2.71 bits per heavy atom. The summed E-state index contributed by atoms with van der Waals surface area (Å²) in [6.45, 7) is 0.718. The van der Waals surface area contributed by atoms with Crippen LogP contribution in [0.3, 0.4) is 0 Å². The number of carbonyl (C=O) groups is 2. The highest BCUT2D eigenvalue weighted by Gasteiger charge is 2.21. The van der Waals surface area contributed by atoms with E-state index in [-0.39, 0.29) is 30.6 Å². The smallest absolute Gasteiger partial charge is 0.220 e. The second-order valence-corrected chi connectivity index (χ2v) is 7.04. The molecule has 1 aromatic heterocycles. The fraction of sp³-hybridized carbons (Fsp3) is 0.294. The fourth-order valence-electron chi connectivity index (χ4n) is 2.29. The molecule has 0 fully saturated rings. The molecule has 1 unspecified atom stereocenters. The number of thiophene rings is 1. The number of hydrogen-bond acceptors (Lipinski definition) is 5. The summed E-state index contributed by atoms with van der Waals surface area (Å²) in [4.78, 5) is 24.4. The van der Waals surface area contributed by atoms with Gasteiger partial charge >= 0.3 is 0 Å². The predicted octanol–water partition coefficient (Wildman–Crippen LogP) is 3.32. The number of Topliss-reactive ketones (excluding diaryl/α,β-unsaturated/α-hetero) is 1. The highest BCUT2D eigenvalue weighted by molar-refractivity contribution is 7.18. The monoisotopic (exact) mass is 365 g/mol. The van der Waals surface area contributed by atoms with Crippen LogP contribution in [0.4, 0.5) is 0 Å². The zero-order valence-electron chi connectivity index (χ0n) is 12.8. The van der Waals surface area contributed by atoms with Crippen molar-refractivity contribution < 1.29 is 19.1 Å². The molecule has 24 heavy (non-hydrogen) atoms. The molecule has 0 saturated heterocycles. The number of para-hydroxylation sites is 2. The lowest BCUT2D eigenvalue weighted by Crippen LogP contribution is -2.40. The van der Waals surface area contributed by atoms with Crippen LogP contribution in [0.25, 0.3) is 0 Å². The molecule has 1 aliphatic rings. The number of hydrogen-bond donors (Lipinski definition) is 1. The number of rotatable bonds is 6. The van der Waals surface area contributed by atoms with Crippen molar-refractivity contribution >= 4 is 34.6 Å². The van der Waals surface area contributed by atoms with E-state index in [9.17, 15) is 9.59 Å². The van der Waals surface area contributed by atoms with Crippen LogP contribution >= 0.6 is 22.9 Å². The van der Waals surface area contributed by atoms with Crippen molar-refractivity contribution in [1.82, 2.24) is 5.32 Å². The maximum Gasteiger partial charge on any atom is 0.220 e. The van der Waals surface area contributed by atoms with Gasteiger partial charge in [-0.25, -0.2) is 0 Å². The van der Waals surface area contributed by atoms with E-state index in [4.69, 9.17) is 21.1 Å². The van der Waals surface area contributed by atoms with Crippen LogP contribution < -0.4 is 14.8 Å². The number of halogens is 1. The van der Waals surface area contributed by atoms with Crippen LogP contribution in [0, 0.1) is 0 Å². The predicted molar refractivity (Wildman–Crippen MR) is 92.3 cm³/mol. The molecular weight excluding hydrogens is 350 g/mol. The van der Waals surface area contributed by atoms with E-state index in [0.29, 0.717) is 33.9 Å². The summed E-state index contributed by atoms with van der Waals surface area (Å²) in [5.74, 6) is 1.12. The Kier molecular flexibility index (Phi) is 5.37. The van der Waals surface area contributed by atoms with Crippen molar-refractivity contribution in [2.75, 3.05) is 13.2 Å². The van der Waals surface area contributed by atoms with Crippen LogP contribution in [0.1, 0.15) is 22.5 Å². The number of nitrogens with one attached hydrogen (secondary N) is 1. The van der Waals surface area contributed by atoms with Gasteiger partial charge in [0.1, 0.15) is 12.7 Å². The fourth-order valence-corrected chi connectivity index (χ4v) is 3.30. The zero-order valence-corrected chi connectivity index (χ0v) is 14.4. The largest absolute Gasteiger partial charge is 0.486 e. The molecule has 1 aliphatic heterocycles. The average molecular weight is 366 g/mol. The first-order chi connectivity index (χ1) is 11.6. The Bertz CT molecular complexity index is 746. The van der Waals surface area contributed by atoms with Crippen LogP contribution in [0.5, 0.6) is 11.5 Å². The van der Waals surface area contributed by atoms with Gasteiger partial charge in [0.25, 0.3) is 0 Å². The molecule has 3 rings (SSSR count). The molecule has 5 nitrogen and oxygen atoms in total. The van der Waals surface area contributed by atoms with Crippen LogP contribution in [-0.2, 0) is 4.79 Å². The number of ether oxygens (including phenoxy) is 2. The molecule has 1 aromatic carbocycles. The minimum atomic E-state index is -0.240. The van der Waals surface area contributed by atoms with Gasteiger partial charge in [-0.1, -0.05) is 23.7 Å². The summed E-state index contributed by atoms with van der Waals surface area (Å²) in [5, 5.41) is 2.78. The van der Waals surface area contributed by atoms with E-state index < -0.39 is 0 Å². The van der Waals surface area contributed by atoms with E-state index in [2.05, 4.69) is 5.32 Å². The van der Waals surface area contributed by atoms with E-state index in [0.717, 1.165) is 0 Å². The van der Waals surface area contributed by atoms with Gasteiger partial charge in [0.05, 0.1) is 15.8 Å². The van der Waals surface area contributed by atoms with Crippen molar-refractivity contribution in [2.24, 2.45) is 0 Å². The molecule has 1 amide bonds. The van der Waals surface area contributed by atoms with Crippen molar-refractivity contribution in [2.45, 2.75) is 18.9 Å². The zero-order chi connectivity index (χ0) is 16.9. The summed E-state index contributed by atoms with van der Waals surface area (Å²) in [6.07, 6.45) is 0.0575. The quantitative estimate of drug-likeness (QED) is 0.797. The molecular formula is C17H16ClNO4S. The lowest BCUT2D eigenvalue weighted by molar-refractivity contribution is -0.121. The number of fused-ring (bicyclic) bond motifs is 1. The third kappa shape index (κ3) is 4.27. The van der Waals surface area contributed by atoms with Gasteiger partial charge in [-0.05, 0) is 24.3 Å². The maximum absolute atomic E-state index is 11.9. The minimum Gasteiger partial charge on any atom is -0.486 e. The molecule has 0 aliphatic carbocycles. The Hall–Kier alpha value is -2.05. The number of benzene rings is 1. The third-order valence-electron chi connectivity index (χ3n) is 3.52. The molecule has 2 aromatic rings. The van der Waals surface area contributed by atoms with E-state index in [1.54, 1.807) is 12.1 Å². The van der Waals surface area contributed by atoms with E-state index in [1.165, 1.54) is 11.3 Å². The standard InChI is InChI=1S/C17H16ClNO4S/c18-16-7-6-15(24-16)12(20)5-8-17(21)19-9-11-10-22-13-3-1-2-4-14(13)23-11/h1-4,6-7,11H,5,8-10H2,(H,19,21). The van der Waals surface area contributed by atoms with Gasteiger partial charge in [-0.3, -0.25) is 9.59 Å². The SMILES string of the molecule is O=C(CCC(=O)c1ccc(Cl)s1)NCC1COc2ccccc2O1.